The maximum atomic E-state index is 4.25. The molecule has 2 bridgehead atoms. The Morgan fingerprint density at radius 2 is 1.75 bits per heavy atom. The van der Waals surface area contributed by atoms with Crippen molar-refractivity contribution in [2.24, 2.45) is 23.2 Å². The van der Waals surface area contributed by atoms with Crippen LogP contribution < -0.4 is 10.6 Å². The predicted octanol–water partition coefficient (Wildman–Crippen LogP) is 4.32. The van der Waals surface area contributed by atoms with Crippen molar-refractivity contribution in [2.75, 3.05) is 19.6 Å². The molecule has 0 spiro atoms. The number of rotatable bonds is 3. The monoisotopic (exact) mass is 385 g/mol. The van der Waals surface area contributed by atoms with Crippen LogP contribution in [0.2, 0.25) is 0 Å². The van der Waals surface area contributed by atoms with Crippen molar-refractivity contribution in [3.8, 4) is 0 Å². The van der Waals surface area contributed by atoms with Crippen molar-refractivity contribution in [3.63, 3.8) is 0 Å². The van der Waals surface area contributed by atoms with Gasteiger partial charge in [-0.2, -0.15) is 0 Å². The quantitative estimate of drug-likeness (QED) is 0.758. The zero-order chi connectivity index (χ0) is 19.0. The summed E-state index contributed by atoms with van der Waals surface area (Å²) in [5.41, 5.74) is 1.57. The standard InChI is InChI=1S/C25H43N3/c1-23-9-7-20(23)16-28(17-23)22-8-10-24(2)19(13-22)3-4-21(27-24)14-25-11-5-18(6-12-25)15-26-25/h18-22,26-27H,3-17H2,1-2H3. The highest BCUT2D eigenvalue weighted by Gasteiger charge is 2.53. The zero-order valence-electron chi connectivity index (χ0n) is 18.4. The molecule has 0 amide bonds. The van der Waals surface area contributed by atoms with E-state index >= 15 is 0 Å². The maximum Gasteiger partial charge on any atom is 0.0196 e. The van der Waals surface area contributed by atoms with Crippen LogP contribution in [0.3, 0.4) is 0 Å². The van der Waals surface area contributed by atoms with Gasteiger partial charge in [-0.3, -0.25) is 4.90 Å². The minimum absolute atomic E-state index is 0.407. The fourth-order valence-electron chi connectivity index (χ4n) is 8.60. The Morgan fingerprint density at radius 1 is 0.893 bits per heavy atom. The van der Waals surface area contributed by atoms with Crippen molar-refractivity contribution < 1.29 is 0 Å². The number of likely N-dealkylation sites (tertiary alicyclic amines) is 1. The summed E-state index contributed by atoms with van der Waals surface area (Å²) >= 11 is 0. The molecule has 0 aromatic rings. The Bertz CT molecular complexity index is 597. The molecule has 7 aliphatic rings. The molecule has 0 aromatic heterocycles. The van der Waals surface area contributed by atoms with E-state index in [-0.39, 0.29) is 0 Å². The van der Waals surface area contributed by atoms with E-state index in [0.717, 1.165) is 29.8 Å². The Morgan fingerprint density at radius 3 is 2.39 bits per heavy atom. The molecule has 4 saturated heterocycles. The summed E-state index contributed by atoms with van der Waals surface area (Å²) in [5, 5.41) is 8.22. The van der Waals surface area contributed by atoms with E-state index in [2.05, 4.69) is 29.4 Å². The second-order valence-electron chi connectivity index (χ2n) is 12.6. The van der Waals surface area contributed by atoms with Gasteiger partial charge in [-0.25, -0.2) is 0 Å². The summed E-state index contributed by atoms with van der Waals surface area (Å²) in [6.45, 7) is 9.25. The third-order valence-electron chi connectivity index (χ3n) is 10.9. The van der Waals surface area contributed by atoms with Crippen molar-refractivity contribution in [1.29, 1.82) is 0 Å². The molecule has 7 fully saturated rings. The van der Waals surface area contributed by atoms with E-state index in [1.165, 1.54) is 96.7 Å². The van der Waals surface area contributed by atoms with Crippen molar-refractivity contribution >= 4 is 0 Å². The number of nitrogens with zero attached hydrogens (tertiary/aromatic N) is 1. The maximum absolute atomic E-state index is 4.25. The van der Waals surface area contributed by atoms with Gasteiger partial charge in [-0.1, -0.05) is 6.92 Å². The fourth-order valence-corrected chi connectivity index (χ4v) is 8.60. The van der Waals surface area contributed by atoms with Crippen molar-refractivity contribution in [2.45, 2.75) is 114 Å². The predicted molar refractivity (Wildman–Crippen MR) is 115 cm³/mol. The van der Waals surface area contributed by atoms with Crippen LogP contribution in [0.5, 0.6) is 0 Å². The van der Waals surface area contributed by atoms with Crippen LogP contribution in [-0.4, -0.2) is 47.7 Å². The van der Waals surface area contributed by atoms with Crippen LogP contribution in [0, 0.1) is 23.2 Å². The molecule has 7 rings (SSSR count). The molecular formula is C25H43N3. The van der Waals surface area contributed by atoms with Gasteiger partial charge in [0.25, 0.3) is 0 Å². The molecular weight excluding hydrogens is 342 g/mol. The van der Waals surface area contributed by atoms with Gasteiger partial charge in [0.05, 0.1) is 0 Å². The minimum Gasteiger partial charge on any atom is -0.311 e. The number of nitrogens with one attached hydrogen (secondary N) is 2. The van der Waals surface area contributed by atoms with Gasteiger partial charge in [0, 0.05) is 36.3 Å². The summed E-state index contributed by atoms with van der Waals surface area (Å²) in [4.78, 5) is 2.92. The van der Waals surface area contributed by atoms with Crippen LogP contribution in [-0.2, 0) is 0 Å². The molecule has 3 nitrogen and oxygen atoms in total. The molecule has 158 valence electrons. The van der Waals surface area contributed by atoms with Gasteiger partial charge in [0.15, 0.2) is 0 Å². The largest absolute Gasteiger partial charge is 0.311 e. The third kappa shape index (κ3) is 2.94. The molecule has 2 N–H and O–H groups in total. The normalized spacial score (nSPS) is 56.1. The number of hydrogen-bond donors (Lipinski definition) is 2. The number of piperidine rings is 3. The Kier molecular flexibility index (Phi) is 4.28. The Balaban J connectivity index is 1.08. The smallest absolute Gasteiger partial charge is 0.0196 e. The van der Waals surface area contributed by atoms with E-state index in [0.29, 0.717) is 16.5 Å². The SMILES string of the molecule is CC12CCC1CN(C1CCC3(C)NC(CC45CCC(CC4)CN5)CCC3C1)C2. The van der Waals surface area contributed by atoms with Crippen LogP contribution in [0.1, 0.15) is 90.9 Å². The second kappa shape index (κ2) is 6.44. The molecule has 3 heteroatoms. The molecule has 4 heterocycles. The van der Waals surface area contributed by atoms with Gasteiger partial charge in [0.2, 0.25) is 0 Å². The summed E-state index contributed by atoms with van der Waals surface area (Å²) < 4.78 is 0. The van der Waals surface area contributed by atoms with Gasteiger partial charge in [0.1, 0.15) is 0 Å². The fraction of sp³-hybridized carbons (Fsp3) is 1.00. The van der Waals surface area contributed by atoms with E-state index in [4.69, 9.17) is 0 Å². The molecule has 28 heavy (non-hydrogen) atoms. The van der Waals surface area contributed by atoms with Crippen LogP contribution >= 0.6 is 0 Å². The topological polar surface area (TPSA) is 27.3 Å². The lowest BCUT2D eigenvalue weighted by Gasteiger charge is -2.55. The highest BCUT2D eigenvalue weighted by atomic mass is 15.2. The first-order valence-electron chi connectivity index (χ1n) is 12.7. The molecule has 6 atom stereocenters. The zero-order valence-corrected chi connectivity index (χ0v) is 18.4. The van der Waals surface area contributed by atoms with Crippen molar-refractivity contribution in [1.82, 2.24) is 15.5 Å². The molecule has 0 radical (unpaired) electrons. The third-order valence-corrected chi connectivity index (χ3v) is 10.9. The lowest BCUT2D eigenvalue weighted by Crippen LogP contribution is -2.64. The Labute approximate surface area is 172 Å². The van der Waals surface area contributed by atoms with Gasteiger partial charge < -0.3 is 10.6 Å². The summed E-state index contributed by atoms with van der Waals surface area (Å²) in [7, 11) is 0. The van der Waals surface area contributed by atoms with Crippen LogP contribution in [0.4, 0.5) is 0 Å². The van der Waals surface area contributed by atoms with E-state index < -0.39 is 0 Å². The average Bonchev–Trinajstić information content (AvgIpc) is 2.92. The number of hydrogen-bond acceptors (Lipinski definition) is 3. The van der Waals surface area contributed by atoms with Crippen molar-refractivity contribution in [3.05, 3.63) is 0 Å². The molecule has 3 aliphatic carbocycles. The van der Waals surface area contributed by atoms with Gasteiger partial charge >= 0.3 is 0 Å². The summed E-state index contributed by atoms with van der Waals surface area (Å²) in [6, 6.07) is 1.63. The van der Waals surface area contributed by atoms with Gasteiger partial charge in [-0.15, -0.1) is 0 Å². The first kappa shape index (κ1) is 18.6. The van der Waals surface area contributed by atoms with E-state index in [9.17, 15) is 0 Å². The second-order valence-corrected chi connectivity index (χ2v) is 12.6. The van der Waals surface area contributed by atoms with Gasteiger partial charge in [-0.05, 0) is 114 Å². The lowest BCUT2D eigenvalue weighted by molar-refractivity contribution is 0.0221. The minimum atomic E-state index is 0.407. The lowest BCUT2D eigenvalue weighted by atomic mass is 9.63. The first-order valence-corrected chi connectivity index (χ1v) is 12.7. The van der Waals surface area contributed by atoms with Crippen LogP contribution in [0.25, 0.3) is 0 Å². The molecule has 0 aromatic carbocycles. The molecule has 4 aliphatic heterocycles. The number of fused-ring (bicyclic) bond motifs is 5. The summed E-state index contributed by atoms with van der Waals surface area (Å²) in [6.07, 6.45) is 17.4. The Hall–Kier alpha value is -0.120. The van der Waals surface area contributed by atoms with E-state index in [1.807, 2.05) is 0 Å². The first-order chi connectivity index (χ1) is 13.5. The van der Waals surface area contributed by atoms with E-state index in [1.54, 1.807) is 0 Å². The highest BCUT2D eigenvalue weighted by Crippen LogP contribution is 2.53. The molecule has 6 unspecified atom stereocenters. The average molecular weight is 386 g/mol. The highest BCUT2D eigenvalue weighted by molar-refractivity contribution is 5.09. The van der Waals surface area contributed by atoms with Crippen LogP contribution in [0.15, 0.2) is 0 Å². The summed E-state index contributed by atoms with van der Waals surface area (Å²) in [5.74, 6) is 2.91. The molecule has 3 saturated carbocycles.